The molecule has 0 saturated heterocycles. The zero-order valence-corrected chi connectivity index (χ0v) is 21.7. The van der Waals surface area contributed by atoms with E-state index >= 15 is 0 Å². The first-order valence-corrected chi connectivity index (χ1v) is 13.3. The number of nitrogens with zero attached hydrogens (tertiary/aromatic N) is 3. The molecule has 1 aromatic heterocycles. The van der Waals surface area contributed by atoms with E-state index in [-0.39, 0.29) is 17.5 Å². The highest BCUT2D eigenvalue weighted by atomic mass is 16.2. The van der Waals surface area contributed by atoms with Gasteiger partial charge < -0.3 is 4.90 Å². The quantitative estimate of drug-likeness (QED) is 0.349. The van der Waals surface area contributed by atoms with Gasteiger partial charge in [0.1, 0.15) is 5.82 Å². The van der Waals surface area contributed by atoms with Crippen molar-refractivity contribution in [2.24, 2.45) is 5.92 Å². The predicted molar refractivity (Wildman–Crippen MR) is 143 cm³/mol. The fourth-order valence-corrected chi connectivity index (χ4v) is 5.32. The summed E-state index contributed by atoms with van der Waals surface area (Å²) in [5.41, 5.74) is 3.68. The Morgan fingerprint density at radius 2 is 1.86 bits per heavy atom. The summed E-state index contributed by atoms with van der Waals surface area (Å²) in [6.07, 6.45) is 8.54. The minimum absolute atomic E-state index is 0.0884. The standard InChI is InChI=1S/C30H39N3O2/c1-5-6-19-32(28(34)18-16-24-11-7-8-12-24)23(4)29-31-27-14-10-9-13-26(27)30(35)33(29)25-17-15-21(2)22(3)20-25/h9-10,13-15,17,20,23-24H,5-8,11-12,16,18-19H2,1-4H3. The van der Waals surface area contributed by atoms with Crippen LogP contribution in [0.5, 0.6) is 0 Å². The first-order valence-electron chi connectivity index (χ1n) is 13.3. The minimum atomic E-state index is -0.309. The maximum absolute atomic E-state index is 13.8. The lowest BCUT2D eigenvalue weighted by atomic mass is 10.0. The predicted octanol–water partition coefficient (Wildman–Crippen LogP) is 6.66. The van der Waals surface area contributed by atoms with Gasteiger partial charge in [-0.1, -0.05) is 57.2 Å². The zero-order valence-electron chi connectivity index (χ0n) is 21.7. The second-order valence-electron chi connectivity index (χ2n) is 10.2. The molecular formula is C30H39N3O2. The molecule has 1 fully saturated rings. The summed E-state index contributed by atoms with van der Waals surface area (Å²) in [7, 11) is 0. The summed E-state index contributed by atoms with van der Waals surface area (Å²) in [5, 5.41) is 0.592. The number of hydrogen-bond acceptors (Lipinski definition) is 3. The molecule has 0 bridgehead atoms. The lowest BCUT2D eigenvalue weighted by molar-refractivity contribution is -0.134. The van der Waals surface area contributed by atoms with Crippen LogP contribution in [0.2, 0.25) is 0 Å². The first kappa shape index (κ1) is 25.2. The number of amides is 1. The Bertz CT molecular complexity index is 1240. The summed E-state index contributed by atoms with van der Waals surface area (Å²) in [5.74, 6) is 1.48. The molecule has 0 spiro atoms. The molecule has 35 heavy (non-hydrogen) atoms. The smallest absolute Gasteiger partial charge is 0.266 e. The molecule has 0 radical (unpaired) electrons. The van der Waals surface area contributed by atoms with E-state index in [2.05, 4.69) is 20.8 Å². The van der Waals surface area contributed by atoms with E-state index < -0.39 is 0 Å². The van der Waals surface area contributed by atoms with Crippen LogP contribution in [0.25, 0.3) is 16.6 Å². The Morgan fingerprint density at radius 3 is 2.57 bits per heavy atom. The Kier molecular flexibility index (Phi) is 8.04. The van der Waals surface area contributed by atoms with Crippen LogP contribution in [0.15, 0.2) is 47.3 Å². The van der Waals surface area contributed by atoms with E-state index in [0.717, 1.165) is 30.5 Å². The van der Waals surface area contributed by atoms with Crippen molar-refractivity contribution < 1.29 is 4.79 Å². The molecule has 1 aliphatic rings. The van der Waals surface area contributed by atoms with Crippen molar-refractivity contribution in [1.82, 2.24) is 14.5 Å². The Hall–Kier alpha value is -2.95. The van der Waals surface area contributed by atoms with Crippen LogP contribution < -0.4 is 5.56 Å². The van der Waals surface area contributed by atoms with Crippen LogP contribution in [-0.2, 0) is 4.79 Å². The maximum Gasteiger partial charge on any atom is 0.266 e. The van der Waals surface area contributed by atoms with E-state index in [4.69, 9.17) is 4.98 Å². The summed E-state index contributed by atoms with van der Waals surface area (Å²) in [4.78, 5) is 34.2. The monoisotopic (exact) mass is 473 g/mol. The second kappa shape index (κ2) is 11.2. The zero-order chi connectivity index (χ0) is 24.9. The number of carbonyl (C=O) groups is 1. The number of unbranched alkanes of at least 4 members (excludes halogenated alkanes) is 1. The fourth-order valence-electron chi connectivity index (χ4n) is 5.32. The molecule has 0 N–H and O–H groups in total. The summed E-state index contributed by atoms with van der Waals surface area (Å²) in [6.45, 7) is 8.97. The molecule has 4 rings (SSSR count). The van der Waals surface area contributed by atoms with Crippen LogP contribution in [-0.4, -0.2) is 26.9 Å². The van der Waals surface area contributed by atoms with Crippen LogP contribution in [0.1, 0.15) is 88.2 Å². The van der Waals surface area contributed by atoms with Gasteiger partial charge in [0.05, 0.1) is 22.6 Å². The molecule has 5 heteroatoms. The summed E-state index contributed by atoms with van der Waals surface area (Å²) in [6, 6.07) is 13.3. The number of aryl methyl sites for hydroxylation is 2. The average Bonchev–Trinajstić information content (AvgIpc) is 3.38. The van der Waals surface area contributed by atoms with Gasteiger partial charge in [-0.2, -0.15) is 0 Å². The van der Waals surface area contributed by atoms with Crippen LogP contribution in [0.4, 0.5) is 0 Å². The molecule has 1 amide bonds. The van der Waals surface area contributed by atoms with E-state index in [9.17, 15) is 9.59 Å². The summed E-state index contributed by atoms with van der Waals surface area (Å²) >= 11 is 0. The topological polar surface area (TPSA) is 55.2 Å². The highest BCUT2D eigenvalue weighted by Crippen LogP contribution is 2.30. The van der Waals surface area contributed by atoms with E-state index in [0.29, 0.717) is 35.6 Å². The number of benzene rings is 2. The van der Waals surface area contributed by atoms with E-state index in [1.165, 1.54) is 31.2 Å². The number of hydrogen-bond donors (Lipinski definition) is 0. The normalized spacial score (nSPS) is 15.0. The molecule has 5 nitrogen and oxygen atoms in total. The molecule has 1 atom stereocenters. The number of carbonyl (C=O) groups excluding carboxylic acids is 1. The van der Waals surface area contributed by atoms with Crippen molar-refractivity contribution in [2.75, 3.05) is 6.54 Å². The molecule has 1 aliphatic carbocycles. The maximum atomic E-state index is 13.8. The van der Waals surface area contributed by atoms with Crippen LogP contribution in [0, 0.1) is 19.8 Å². The largest absolute Gasteiger partial charge is 0.333 e. The lowest BCUT2D eigenvalue weighted by Crippen LogP contribution is -2.38. The summed E-state index contributed by atoms with van der Waals surface area (Å²) < 4.78 is 1.72. The molecule has 0 aliphatic heterocycles. The van der Waals surface area contributed by atoms with Crippen LogP contribution in [0.3, 0.4) is 0 Å². The lowest BCUT2D eigenvalue weighted by Gasteiger charge is -2.31. The van der Waals surface area contributed by atoms with Gasteiger partial charge in [0.2, 0.25) is 5.91 Å². The first-order chi connectivity index (χ1) is 16.9. The van der Waals surface area contributed by atoms with E-state index in [1.54, 1.807) is 4.57 Å². The highest BCUT2D eigenvalue weighted by molar-refractivity contribution is 5.79. The molecule has 2 aromatic carbocycles. The molecule has 1 unspecified atom stereocenters. The Morgan fingerprint density at radius 1 is 1.11 bits per heavy atom. The van der Waals surface area contributed by atoms with Crippen molar-refractivity contribution >= 4 is 16.8 Å². The third-order valence-electron chi connectivity index (χ3n) is 7.71. The van der Waals surface area contributed by atoms with Crippen molar-refractivity contribution in [3.63, 3.8) is 0 Å². The third kappa shape index (κ3) is 5.50. The fraction of sp³-hybridized carbons (Fsp3) is 0.500. The van der Waals surface area contributed by atoms with Crippen molar-refractivity contribution in [3.8, 4) is 5.69 Å². The number of rotatable bonds is 9. The number of para-hydroxylation sites is 1. The Labute approximate surface area is 209 Å². The molecule has 186 valence electrons. The number of aromatic nitrogens is 2. The Balaban J connectivity index is 1.77. The van der Waals surface area contributed by atoms with Crippen molar-refractivity contribution in [1.29, 1.82) is 0 Å². The SMILES string of the molecule is CCCCN(C(=O)CCC1CCCC1)C(C)c1nc2ccccc2c(=O)n1-c1ccc(C)c(C)c1. The second-order valence-corrected chi connectivity index (χ2v) is 10.2. The van der Waals surface area contributed by atoms with Gasteiger partial charge in [0.25, 0.3) is 5.56 Å². The average molecular weight is 474 g/mol. The van der Waals surface area contributed by atoms with Gasteiger partial charge in [-0.3, -0.25) is 14.2 Å². The number of fused-ring (bicyclic) bond motifs is 1. The van der Waals surface area contributed by atoms with Gasteiger partial charge in [-0.25, -0.2) is 4.98 Å². The molecular weight excluding hydrogens is 434 g/mol. The van der Waals surface area contributed by atoms with E-state index in [1.807, 2.05) is 54.3 Å². The van der Waals surface area contributed by atoms with Crippen molar-refractivity contribution in [3.05, 3.63) is 69.8 Å². The highest BCUT2D eigenvalue weighted by Gasteiger charge is 2.27. The van der Waals surface area contributed by atoms with Gasteiger partial charge >= 0.3 is 0 Å². The van der Waals surface area contributed by atoms with Gasteiger partial charge in [0.15, 0.2) is 0 Å². The van der Waals surface area contributed by atoms with Gasteiger partial charge in [0, 0.05) is 13.0 Å². The van der Waals surface area contributed by atoms with Gasteiger partial charge in [-0.05, 0) is 74.9 Å². The molecule has 1 saturated carbocycles. The molecule has 3 aromatic rings. The third-order valence-corrected chi connectivity index (χ3v) is 7.71. The minimum Gasteiger partial charge on any atom is -0.333 e. The van der Waals surface area contributed by atoms with Crippen molar-refractivity contribution in [2.45, 2.75) is 85.1 Å². The molecule has 1 heterocycles. The van der Waals surface area contributed by atoms with Crippen LogP contribution >= 0.6 is 0 Å². The van der Waals surface area contributed by atoms with Gasteiger partial charge in [-0.15, -0.1) is 0 Å².